The molecule has 3 atom stereocenters. The average molecular weight is 420 g/mol. The zero-order valence-electron chi connectivity index (χ0n) is 16.5. The number of pyridine rings is 1. The van der Waals surface area contributed by atoms with Crippen molar-refractivity contribution in [3.8, 4) is 5.69 Å². The summed E-state index contributed by atoms with van der Waals surface area (Å²) in [7, 11) is 0. The smallest absolute Gasteiger partial charge is 0.269 e. The first kappa shape index (κ1) is 18.9. The number of non-ortho nitro benzene ring substituents is 1. The van der Waals surface area contributed by atoms with Gasteiger partial charge in [-0.2, -0.15) is 0 Å². The van der Waals surface area contributed by atoms with Crippen LogP contribution in [0.5, 0.6) is 0 Å². The standard InChI is InChI=1S/C22H21N5O2S/c1-2-15-14-30-22-24-20(18-6-3-4-12-23-18)21(26(15)22)19-7-5-13-25(19)16-8-10-17(11-9-16)27(28)29/h3-13,15,20-21H,2,14H2,1H3/t15-,20-,21+/m1/s1. The van der Waals surface area contributed by atoms with Crippen LogP contribution >= 0.6 is 11.8 Å². The minimum absolute atomic E-state index is 0.0278. The Morgan fingerprint density at radius 3 is 2.70 bits per heavy atom. The first-order chi connectivity index (χ1) is 14.7. The lowest BCUT2D eigenvalue weighted by atomic mass is 9.99. The fourth-order valence-electron chi connectivity index (χ4n) is 4.28. The summed E-state index contributed by atoms with van der Waals surface area (Å²) < 4.78 is 2.11. The van der Waals surface area contributed by atoms with E-state index in [2.05, 4.69) is 27.4 Å². The molecule has 1 saturated heterocycles. The summed E-state index contributed by atoms with van der Waals surface area (Å²) in [5.41, 5.74) is 3.05. The fraction of sp³-hybridized carbons (Fsp3) is 0.273. The molecule has 2 aliphatic rings. The van der Waals surface area contributed by atoms with Crippen molar-refractivity contribution in [1.82, 2.24) is 14.5 Å². The number of amidine groups is 1. The van der Waals surface area contributed by atoms with Crippen molar-refractivity contribution >= 4 is 22.6 Å². The van der Waals surface area contributed by atoms with Gasteiger partial charge < -0.3 is 9.47 Å². The maximum Gasteiger partial charge on any atom is 0.269 e. The molecule has 2 aromatic heterocycles. The van der Waals surface area contributed by atoms with Gasteiger partial charge in [0, 0.05) is 47.7 Å². The second-order valence-corrected chi connectivity index (χ2v) is 8.40. The minimum atomic E-state index is -0.373. The Balaban J connectivity index is 1.59. The molecule has 0 spiro atoms. The summed E-state index contributed by atoms with van der Waals surface area (Å²) in [6, 6.07) is 17.2. The summed E-state index contributed by atoms with van der Waals surface area (Å²) in [4.78, 5) is 22.8. The molecular weight excluding hydrogens is 398 g/mol. The molecule has 152 valence electrons. The third kappa shape index (κ3) is 3.08. The molecule has 0 radical (unpaired) electrons. The Kier molecular flexibility index (Phi) is 4.78. The van der Waals surface area contributed by atoms with E-state index in [1.807, 2.05) is 48.4 Å². The Morgan fingerprint density at radius 2 is 2.00 bits per heavy atom. The van der Waals surface area contributed by atoms with Gasteiger partial charge in [0.25, 0.3) is 5.69 Å². The molecule has 8 heteroatoms. The molecule has 0 amide bonds. The van der Waals surface area contributed by atoms with Gasteiger partial charge in [0.1, 0.15) is 12.1 Å². The topological polar surface area (TPSA) is 76.6 Å². The van der Waals surface area contributed by atoms with E-state index in [0.29, 0.717) is 6.04 Å². The van der Waals surface area contributed by atoms with Crippen LogP contribution in [0, 0.1) is 10.1 Å². The summed E-state index contributed by atoms with van der Waals surface area (Å²) >= 11 is 1.82. The van der Waals surface area contributed by atoms with Gasteiger partial charge in [-0.15, -0.1) is 0 Å². The summed E-state index contributed by atoms with van der Waals surface area (Å²) in [6.45, 7) is 2.22. The average Bonchev–Trinajstić information content (AvgIpc) is 3.49. The number of nitro benzene ring substituents is 1. The van der Waals surface area contributed by atoms with Crippen LogP contribution < -0.4 is 0 Å². The van der Waals surface area contributed by atoms with Crippen molar-refractivity contribution in [3.05, 3.63) is 88.5 Å². The maximum atomic E-state index is 11.0. The largest absolute Gasteiger partial charge is 0.337 e. The number of benzene rings is 1. The molecule has 0 unspecified atom stereocenters. The first-order valence-corrected chi connectivity index (χ1v) is 11.0. The summed E-state index contributed by atoms with van der Waals surface area (Å²) in [6.07, 6.45) is 4.87. The zero-order chi connectivity index (χ0) is 20.7. The van der Waals surface area contributed by atoms with Crippen LogP contribution in [-0.4, -0.2) is 36.3 Å². The number of hydrogen-bond acceptors (Lipinski definition) is 6. The van der Waals surface area contributed by atoms with Crippen LogP contribution in [0.25, 0.3) is 5.69 Å². The number of fused-ring (bicyclic) bond motifs is 1. The lowest BCUT2D eigenvalue weighted by Crippen LogP contribution is -2.36. The summed E-state index contributed by atoms with van der Waals surface area (Å²) in [5, 5.41) is 12.1. The van der Waals surface area contributed by atoms with Gasteiger partial charge in [0.05, 0.1) is 10.6 Å². The lowest BCUT2D eigenvalue weighted by molar-refractivity contribution is -0.384. The molecule has 1 fully saturated rings. The van der Waals surface area contributed by atoms with Crippen LogP contribution in [0.3, 0.4) is 0 Å². The first-order valence-electron chi connectivity index (χ1n) is 9.99. The second-order valence-electron chi connectivity index (χ2n) is 7.41. The van der Waals surface area contributed by atoms with Crippen molar-refractivity contribution in [1.29, 1.82) is 0 Å². The van der Waals surface area contributed by atoms with Gasteiger partial charge >= 0.3 is 0 Å². The van der Waals surface area contributed by atoms with Crippen molar-refractivity contribution < 1.29 is 4.92 Å². The minimum Gasteiger partial charge on any atom is -0.337 e. The van der Waals surface area contributed by atoms with Gasteiger partial charge in [0.2, 0.25) is 0 Å². The van der Waals surface area contributed by atoms with Gasteiger partial charge in [-0.3, -0.25) is 20.1 Å². The zero-order valence-corrected chi connectivity index (χ0v) is 17.3. The summed E-state index contributed by atoms with van der Waals surface area (Å²) in [5.74, 6) is 1.04. The van der Waals surface area contributed by atoms with Crippen molar-refractivity contribution in [2.75, 3.05) is 5.75 Å². The molecule has 7 nitrogen and oxygen atoms in total. The number of thioether (sulfide) groups is 1. The Hall–Kier alpha value is -3.13. The highest BCUT2D eigenvalue weighted by Gasteiger charge is 2.46. The number of hydrogen-bond donors (Lipinski definition) is 0. The highest BCUT2D eigenvalue weighted by Crippen LogP contribution is 2.48. The van der Waals surface area contributed by atoms with Crippen LogP contribution in [0.1, 0.15) is 36.8 Å². The van der Waals surface area contributed by atoms with E-state index in [1.165, 1.54) is 0 Å². The van der Waals surface area contributed by atoms with E-state index < -0.39 is 0 Å². The second kappa shape index (κ2) is 7.60. The molecular formula is C22H21N5O2S. The lowest BCUT2D eigenvalue weighted by Gasteiger charge is -2.32. The Labute approximate surface area is 178 Å². The van der Waals surface area contributed by atoms with Crippen LogP contribution in [0.2, 0.25) is 0 Å². The molecule has 3 aromatic rings. The molecule has 5 rings (SSSR count). The van der Waals surface area contributed by atoms with E-state index >= 15 is 0 Å². The third-order valence-electron chi connectivity index (χ3n) is 5.75. The van der Waals surface area contributed by atoms with Gasteiger partial charge in [0.15, 0.2) is 5.17 Å². The normalized spacial score (nSPS) is 22.8. The quantitative estimate of drug-likeness (QED) is 0.440. The number of nitrogens with zero attached hydrogens (tertiary/aromatic N) is 5. The van der Waals surface area contributed by atoms with E-state index in [0.717, 1.165) is 34.4 Å². The highest BCUT2D eigenvalue weighted by molar-refractivity contribution is 8.14. The molecule has 4 heterocycles. The van der Waals surface area contributed by atoms with Crippen molar-refractivity contribution in [3.63, 3.8) is 0 Å². The van der Waals surface area contributed by atoms with Crippen molar-refractivity contribution in [2.45, 2.75) is 31.5 Å². The predicted octanol–water partition coefficient (Wildman–Crippen LogP) is 4.76. The van der Waals surface area contributed by atoms with E-state index in [4.69, 9.17) is 4.99 Å². The molecule has 0 bridgehead atoms. The van der Waals surface area contributed by atoms with Crippen LogP contribution in [0.15, 0.2) is 72.0 Å². The van der Waals surface area contributed by atoms with Gasteiger partial charge in [-0.1, -0.05) is 24.8 Å². The number of nitro groups is 1. The van der Waals surface area contributed by atoms with E-state index in [1.54, 1.807) is 24.3 Å². The van der Waals surface area contributed by atoms with E-state index in [-0.39, 0.29) is 22.7 Å². The van der Waals surface area contributed by atoms with Crippen molar-refractivity contribution in [2.24, 2.45) is 4.99 Å². The fourth-order valence-corrected chi connectivity index (χ4v) is 5.61. The molecule has 2 aliphatic heterocycles. The van der Waals surface area contributed by atoms with Crippen LogP contribution in [0.4, 0.5) is 5.69 Å². The molecule has 0 saturated carbocycles. The van der Waals surface area contributed by atoms with Gasteiger partial charge in [-0.25, -0.2) is 0 Å². The molecule has 0 N–H and O–H groups in total. The predicted molar refractivity (Wildman–Crippen MR) is 118 cm³/mol. The van der Waals surface area contributed by atoms with Gasteiger partial charge in [-0.05, 0) is 42.8 Å². The monoisotopic (exact) mass is 419 g/mol. The van der Waals surface area contributed by atoms with Crippen LogP contribution in [-0.2, 0) is 0 Å². The Morgan fingerprint density at radius 1 is 1.17 bits per heavy atom. The Bertz CT molecular complexity index is 1100. The highest BCUT2D eigenvalue weighted by atomic mass is 32.2. The maximum absolute atomic E-state index is 11.0. The molecule has 0 aliphatic carbocycles. The molecule has 30 heavy (non-hydrogen) atoms. The third-order valence-corrected chi connectivity index (χ3v) is 6.88. The van der Waals surface area contributed by atoms with E-state index in [9.17, 15) is 10.1 Å². The number of rotatable bonds is 5. The number of aliphatic imine (C=N–C) groups is 1. The number of aromatic nitrogens is 2. The SMILES string of the molecule is CC[C@@H]1CSC2=N[C@H](c3ccccn3)[C@H](c3cccn3-c3ccc([N+](=O)[O-])cc3)N21. The molecule has 1 aromatic carbocycles.